The Morgan fingerprint density at radius 3 is 2.90 bits per heavy atom. The van der Waals surface area contributed by atoms with Crippen molar-refractivity contribution >= 4 is 5.84 Å². The fourth-order valence-corrected chi connectivity index (χ4v) is 1.24. The Kier molecular flexibility index (Phi) is 2.66. The number of likely N-dealkylation sites (tertiary alicyclic amines) is 1. The van der Waals surface area contributed by atoms with E-state index < -0.39 is 0 Å². The molecule has 1 fully saturated rings. The molecule has 1 aliphatic rings. The molecule has 0 saturated carbocycles. The van der Waals surface area contributed by atoms with Crippen LogP contribution in [0.1, 0.15) is 19.3 Å². The molecular weight excluding hydrogens is 131 g/mol. The van der Waals surface area contributed by atoms with Gasteiger partial charge in [0.2, 0.25) is 0 Å². The van der Waals surface area contributed by atoms with Crippen LogP contribution in [-0.4, -0.2) is 30.5 Å². The predicted octanol–water partition coefficient (Wildman–Crippen LogP) is 1.42. The van der Waals surface area contributed by atoms with Gasteiger partial charge in [0.25, 0.3) is 0 Å². The van der Waals surface area contributed by atoms with Crippen molar-refractivity contribution in [3.63, 3.8) is 0 Å². The molecule has 0 unspecified atom stereocenters. The summed E-state index contributed by atoms with van der Waals surface area (Å²) < 4.78 is 11.8. The van der Waals surface area contributed by atoms with Gasteiger partial charge in [-0.2, -0.15) is 0 Å². The number of amidine groups is 1. The maximum atomic E-state index is 11.8. The quantitative estimate of drug-likeness (QED) is 0.623. The number of rotatable bonds is 2. The van der Waals surface area contributed by atoms with Gasteiger partial charge in [-0.3, -0.25) is 5.41 Å². The van der Waals surface area contributed by atoms with Gasteiger partial charge < -0.3 is 4.90 Å². The summed E-state index contributed by atoms with van der Waals surface area (Å²) in [5.41, 5.74) is 0. The smallest absolute Gasteiger partial charge is 0.107 e. The first-order valence-electron chi connectivity index (χ1n) is 3.73. The maximum Gasteiger partial charge on any atom is 0.107 e. The van der Waals surface area contributed by atoms with Crippen LogP contribution in [0, 0.1) is 5.41 Å². The Bertz CT molecular complexity index is 123. The van der Waals surface area contributed by atoms with Crippen molar-refractivity contribution in [2.45, 2.75) is 19.3 Å². The minimum Gasteiger partial charge on any atom is -0.358 e. The van der Waals surface area contributed by atoms with Crippen LogP contribution < -0.4 is 0 Å². The molecule has 0 radical (unpaired) electrons. The second-order valence-electron chi connectivity index (χ2n) is 2.58. The van der Waals surface area contributed by atoms with E-state index in [0.717, 1.165) is 25.8 Å². The van der Waals surface area contributed by atoms with Gasteiger partial charge in [-0.05, 0) is 12.8 Å². The Labute approximate surface area is 60.5 Å². The Morgan fingerprint density at radius 1 is 1.50 bits per heavy atom. The fraction of sp³-hybridized carbons (Fsp3) is 0.857. The first-order chi connectivity index (χ1) is 4.84. The predicted molar refractivity (Wildman–Crippen MR) is 39.1 cm³/mol. The molecule has 0 aromatic rings. The molecule has 0 aromatic carbocycles. The number of nitrogens with one attached hydrogen (secondary N) is 1. The highest BCUT2D eigenvalue weighted by molar-refractivity contribution is 5.79. The molecule has 1 aliphatic heterocycles. The summed E-state index contributed by atoms with van der Waals surface area (Å²) in [4.78, 5) is 1.82. The standard InChI is InChI=1S/C7H13FN2/c8-4-6-10-5-2-1-3-7(10)9/h9H,1-6H2. The highest BCUT2D eigenvalue weighted by Gasteiger charge is 2.13. The van der Waals surface area contributed by atoms with E-state index in [1.165, 1.54) is 0 Å². The largest absolute Gasteiger partial charge is 0.358 e. The van der Waals surface area contributed by atoms with Crippen LogP contribution in [0.2, 0.25) is 0 Å². The summed E-state index contributed by atoms with van der Waals surface area (Å²) >= 11 is 0. The minimum atomic E-state index is -0.331. The van der Waals surface area contributed by atoms with E-state index in [1.807, 2.05) is 4.90 Å². The molecule has 58 valence electrons. The zero-order valence-electron chi connectivity index (χ0n) is 6.07. The van der Waals surface area contributed by atoms with Crippen LogP contribution in [-0.2, 0) is 0 Å². The normalized spacial score (nSPS) is 19.7. The molecule has 1 saturated heterocycles. The lowest BCUT2D eigenvalue weighted by Crippen LogP contribution is -2.36. The molecule has 0 atom stereocenters. The number of nitrogens with zero attached hydrogens (tertiary/aromatic N) is 1. The zero-order chi connectivity index (χ0) is 7.40. The Hall–Kier alpha value is -0.600. The molecule has 2 nitrogen and oxygen atoms in total. The average Bonchev–Trinajstić information content (AvgIpc) is 1.94. The highest BCUT2D eigenvalue weighted by Crippen LogP contribution is 2.09. The van der Waals surface area contributed by atoms with Crippen molar-refractivity contribution in [1.29, 1.82) is 5.41 Å². The molecule has 0 spiro atoms. The summed E-state index contributed by atoms with van der Waals surface area (Å²) in [5.74, 6) is 0.615. The molecule has 1 N–H and O–H groups in total. The van der Waals surface area contributed by atoms with Gasteiger partial charge >= 0.3 is 0 Å². The lowest BCUT2D eigenvalue weighted by Gasteiger charge is -2.27. The Balaban J connectivity index is 2.32. The van der Waals surface area contributed by atoms with Crippen LogP contribution in [0.4, 0.5) is 4.39 Å². The fourth-order valence-electron chi connectivity index (χ4n) is 1.24. The van der Waals surface area contributed by atoms with Crippen LogP contribution in [0.3, 0.4) is 0 Å². The van der Waals surface area contributed by atoms with Crippen LogP contribution in [0.5, 0.6) is 0 Å². The molecule has 0 aromatic heterocycles. The minimum absolute atomic E-state index is 0.331. The third kappa shape index (κ3) is 1.69. The lowest BCUT2D eigenvalue weighted by atomic mass is 10.1. The van der Waals surface area contributed by atoms with Gasteiger partial charge in [0.1, 0.15) is 6.67 Å². The second kappa shape index (κ2) is 3.54. The molecule has 0 amide bonds. The van der Waals surface area contributed by atoms with Gasteiger partial charge in [0, 0.05) is 19.5 Å². The summed E-state index contributed by atoms with van der Waals surface area (Å²) in [6, 6.07) is 0. The van der Waals surface area contributed by atoms with Gasteiger partial charge in [0.05, 0.1) is 5.84 Å². The average molecular weight is 144 g/mol. The molecule has 0 bridgehead atoms. The van der Waals surface area contributed by atoms with Gasteiger partial charge in [-0.15, -0.1) is 0 Å². The molecule has 1 heterocycles. The Morgan fingerprint density at radius 2 is 2.30 bits per heavy atom. The number of halogens is 1. The third-order valence-electron chi connectivity index (χ3n) is 1.83. The van der Waals surface area contributed by atoms with E-state index in [-0.39, 0.29) is 6.67 Å². The number of hydrogen-bond donors (Lipinski definition) is 1. The first kappa shape index (κ1) is 7.51. The monoisotopic (exact) mass is 144 g/mol. The highest BCUT2D eigenvalue weighted by atomic mass is 19.1. The van der Waals surface area contributed by atoms with E-state index >= 15 is 0 Å². The van der Waals surface area contributed by atoms with Crippen LogP contribution in [0.25, 0.3) is 0 Å². The SMILES string of the molecule is N=C1CCCCN1CCF. The summed E-state index contributed by atoms with van der Waals surface area (Å²) in [6.45, 7) is 0.962. The van der Waals surface area contributed by atoms with E-state index in [4.69, 9.17) is 5.41 Å². The zero-order valence-corrected chi connectivity index (χ0v) is 6.07. The van der Waals surface area contributed by atoms with Gasteiger partial charge in [-0.25, -0.2) is 4.39 Å². The summed E-state index contributed by atoms with van der Waals surface area (Å²) in [6.07, 6.45) is 3.05. The van der Waals surface area contributed by atoms with Crippen LogP contribution >= 0.6 is 0 Å². The summed E-state index contributed by atoms with van der Waals surface area (Å²) in [5, 5.41) is 7.41. The van der Waals surface area contributed by atoms with Crippen molar-refractivity contribution in [2.24, 2.45) is 0 Å². The van der Waals surface area contributed by atoms with Crippen molar-refractivity contribution in [2.75, 3.05) is 19.8 Å². The van der Waals surface area contributed by atoms with E-state index in [1.54, 1.807) is 0 Å². The summed E-state index contributed by atoms with van der Waals surface area (Å²) in [7, 11) is 0. The van der Waals surface area contributed by atoms with Crippen LogP contribution in [0.15, 0.2) is 0 Å². The number of alkyl halides is 1. The first-order valence-corrected chi connectivity index (χ1v) is 3.73. The van der Waals surface area contributed by atoms with E-state index in [9.17, 15) is 4.39 Å². The van der Waals surface area contributed by atoms with Crippen molar-refractivity contribution < 1.29 is 4.39 Å². The molecular formula is C7H13FN2. The number of hydrogen-bond acceptors (Lipinski definition) is 1. The van der Waals surface area contributed by atoms with Gasteiger partial charge in [-0.1, -0.05) is 0 Å². The third-order valence-corrected chi connectivity index (χ3v) is 1.83. The molecule has 3 heteroatoms. The van der Waals surface area contributed by atoms with Crippen molar-refractivity contribution in [3.8, 4) is 0 Å². The topological polar surface area (TPSA) is 27.1 Å². The molecule has 1 rings (SSSR count). The maximum absolute atomic E-state index is 11.8. The molecule has 10 heavy (non-hydrogen) atoms. The van der Waals surface area contributed by atoms with E-state index in [0.29, 0.717) is 12.4 Å². The van der Waals surface area contributed by atoms with Crippen molar-refractivity contribution in [1.82, 2.24) is 4.90 Å². The second-order valence-corrected chi connectivity index (χ2v) is 2.58. The molecule has 0 aliphatic carbocycles. The van der Waals surface area contributed by atoms with E-state index in [2.05, 4.69) is 0 Å². The lowest BCUT2D eigenvalue weighted by molar-refractivity contribution is 0.324. The van der Waals surface area contributed by atoms with Crippen molar-refractivity contribution in [3.05, 3.63) is 0 Å². The van der Waals surface area contributed by atoms with Gasteiger partial charge in [0.15, 0.2) is 0 Å². The number of piperidine rings is 1.